The Kier molecular flexibility index (Phi) is 9.90. The van der Waals surface area contributed by atoms with Crippen molar-refractivity contribution in [2.45, 2.75) is 20.8 Å². The van der Waals surface area contributed by atoms with E-state index in [9.17, 15) is 19.2 Å². The van der Waals surface area contributed by atoms with Crippen molar-refractivity contribution in [2.75, 3.05) is 18.5 Å². The van der Waals surface area contributed by atoms with Crippen LogP contribution in [-0.2, 0) is 14.3 Å². The fraction of sp³-hybridized carbons (Fsp3) is 0.167. The highest BCUT2D eigenvalue weighted by Crippen LogP contribution is 2.24. The Morgan fingerprint density at radius 3 is 1.95 bits per heavy atom. The Bertz CT molecular complexity index is 1440. The highest BCUT2D eigenvalue weighted by molar-refractivity contribution is 6.11. The Morgan fingerprint density at radius 2 is 1.43 bits per heavy atom. The van der Waals surface area contributed by atoms with Crippen molar-refractivity contribution in [1.82, 2.24) is 0 Å². The number of benzene rings is 3. The van der Waals surface area contributed by atoms with E-state index in [2.05, 4.69) is 5.32 Å². The number of para-hydroxylation sites is 1. The summed E-state index contributed by atoms with van der Waals surface area (Å²) in [7, 11) is 0. The molecule has 0 radical (unpaired) electrons. The smallest absolute Gasteiger partial charge is 0.343 e. The van der Waals surface area contributed by atoms with E-state index in [1.807, 2.05) is 0 Å². The molecule has 0 fully saturated rings. The SMILES string of the molecule is CCOC(=O)c1cccc(C(=O)OCC)c1NC(=O)/C=C/c1ccc(C(=O)Oc2ccc(C(=N)N)cc2)cc1C. The molecule has 0 aliphatic rings. The average molecular weight is 544 g/mol. The predicted octanol–water partition coefficient (Wildman–Crippen LogP) is 4.50. The minimum Gasteiger partial charge on any atom is -0.462 e. The van der Waals surface area contributed by atoms with Gasteiger partial charge in [-0.2, -0.15) is 0 Å². The zero-order valence-electron chi connectivity index (χ0n) is 22.3. The third kappa shape index (κ3) is 7.41. The molecule has 4 N–H and O–H groups in total. The summed E-state index contributed by atoms with van der Waals surface area (Å²) in [5.74, 6) is -2.35. The topological polar surface area (TPSA) is 158 Å². The number of rotatable bonds is 10. The first-order valence-electron chi connectivity index (χ1n) is 12.4. The van der Waals surface area contributed by atoms with Crippen LogP contribution in [-0.4, -0.2) is 42.9 Å². The van der Waals surface area contributed by atoms with Gasteiger partial charge in [0.25, 0.3) is 0 Å². The van der Waals surface area contributed by atoms with Crippen molar-refractivity contribution < 1.29 is 33.4 Å². The second-order valence-electron chi connectivity index (χ2n) is 8.39. The van der Waals surface area contributed by atoms with Gasteiger partial charge in [0.1, 0.15) is 11.6 Å². The van der Waals surface area contributed by atoms with Crippen molar-refractivity contribution in [3.05, 3.63) is 100 Å². The van der Waals surface area contributed by atoms with E-state index in [1.54, 1.807) is 63.2 Å². The second-order valence-corrected chi connectivity index (χ2v) is 8.39. The summed E-state index contributed by atoms with van der Waals surface area (Å²) in [6.07, 6.45) is 2.78. The summed E-state index contributed by atoms with van der Waals surface area (Å²) in [6, 6.07) is 15.5. The van der Waals surface area contributed by atoms with Crippen LogP contribution in [0, 0.1) is 12.3 Å². The molecule has 0 bridgehead atoms. The van der Waals surface area contributed by atoms with Crippen molar-refractivity contribution >= 4 is 41.4 Å². The quantitative estimate of drug-likeness (QED) is 0.111. The molecule has 0 aliphatic heterocycles. The number of anilines is 1. The molecule has 1 amide bonds. The Balaban J connectivity index is 1.76. The van der Waals surface area contributed by atoms with E-state index in [1.165, 1.54) is 30.4 Å². The lowest BCUT2D eigenvalue weighted by atomic mass is 10.0. The van der Waals surface area contributed by atoms with Gasteiger partial charge in [0, 0.05) is 11.6 Å². The number of amides is 1. The van der Waals surface area contributed by atoms with Crippen LogP contribution < -0.4 is 15.8 Å². The molecule has 0 aromatic heterocycles. The molecule has 40 heavy (non-hydrogen) atoms. The highest BCUT2D eigenvalue weighted by Gasteiger charge is 2.22. The van der Waals surface area contributed by atoms with E-state index in [0.29, 0.717) is 28.0 Å². The number of amidine groups is 1. The molecule has 0 atom stereocenters. The van der Waals surface area contributed by atoms with Crippen molar-refractivity contribution in [2.24, 2.45) is 5.73 Å². The summed E-state index contributed by atoms with van der Waals surface area (Å²) < 4.78 is 15.5. The zero-order chi connectivity index (χ0) is 29.2. The number of carbonyl (C=O) groups excluding carboxylic acids is 4. The Morgan fingerprint density at radius 1 is 0.850 bits per heavy atom. The van der Waals surface area contributed by atoms with Gasteiger partial charge < -0.3 is 25.3 Å². The molecule has 3 aromatic carbocycles. The van der Waals surface area contributed by atoms with Gasteiger partial charge in [0.2, 0.25) is 5.91 Å². The molecular formula is C30H29N3O7. The van der Waals surface area contributed by atoms with Gasteiger partial charge in [-0.1, -0.05) is 12.1 Å². The van der Waals surface area contributed by atoms with Crippen LogP contribution in [0.5, 0.6) is 5.75 Å². The molecule has 0 heterocycles. The lowest BCUT2D eigenvalue weighted by molar-refractivity contribution is -0.111. The van der Waals surface area contributed by atoms with Gasteiger partial charge in [0.05, 0.1) is 35.6 Å². The molecule has 10 heteroatoms. The number of aryl methyl sites for hydroxylation is 1. The van der Waals surface area contributed by atoms with Gasteiger partial charge >= 0.3 is 17.9 Å². The van der Waals surface area contributed by atoms with Gasteiger partial charge in [0.15, 0.2) is 0 Å². The van der Waals surface area contributed by atoms with Crippen LogP contribution in [0.15, 0.2) is 66.7 Å². The van der Waals surface area contributed by atoms with E-state index >= 15 is 0 Å². The summed E-state index contributed by atoms with van der Waals surface area (Å²) in [5, 5.41) is 10.0. The van der Waals surface area contributed by atoms with E-state index < -0.39 is 23.8 Å². The van der Waals surface area contributed by atoms with E-state index in [-0.39, 0.29) is 35.9 Å². The predicted molar refractivity (Wildman–Crippen MR) is 150 cm³/mol. The maximum Gasteiger partial charge on any atom is 0.343 e. The third-order valence-corrected chi connectivity index (χ3v) is 5.60. The molecule has 3 rings (SSSR count). The molecule has 0 saturated carbocycles. The van der Waals surface area contributed by atoms with Crippen LogP contribution in [0.2, 0.25) is 0 Å². The first-order chi connectivity index (χ1) is 19.1. The summed E-state index contributed by atoms with van der Waals surface area (Å²) in [5.41, 5.74) is 7.62. The Hall–Kier alpha value is -5.25. The van der Waals surface area contributed by atoms with E-state index in [0.717, 1.165) is 0 Å². The van der Waals surface area contributed by atoms with E-state index in [4.69, 9.17) is 25.4 Å². The molecular weight excluding hydrogens is 514 g/mol. The van der Waals surface area contributed by atoms with Crippen LogP contribution in [0.1, 0.15) is 61.6 Å². The largest absolute Gasteiger partial charge is 0.462 e. The minimum absolute atomic E-state index is 0.0137. The molecule has 0 saturated heterocycles. The maximum absolute atomic E-state index is 12.8. The first-order valence-corrected chi connectivity index (χ1v) is 12.4. The fourth-order valence-corrected chi connectivity index (χ4v) is 3.63. The van der Waals surface area contributed by atoms with Gasteiger partial charge in [-0.15, -0.1) is 0 Å². The summed E-state index contributed by atoms with van der Waals surface area (Å²) in [4.78, 5) is 50.3. The standard InChI is InChI=1S/C30H29N3O7/c1-4-38-29(36)23-7-6-8-24(30(37)39-5-2)26(23)33-25(34)16-13-19-9-10-21(17-18(19)3)28(35)40-22-14-11-20(12-15-22)27(31)32/h6-17H,4-5H2,1-3H3,(H3,31,32)(H,33,34)/b16-13+. The van der Waals surface area contributed by atoms with Crippen molar-refractivity contribution in [3.8, 4) is 5.75 Å². The van der Waals surface area contributed by atoms with Crippen molar-refractivity contribution in [1.29, 1.82) is 5.41 Å². The molecule has 0 spiro atoms. The summed E-state index contributed by atoms with van der Waals surface area (Å²) in [6.45, 7) is 5.29. The maximum atomic E-state index is 12.8. The Labute approximate surface area is 231 Å². The number of hydrogen-bond acceptors (Lipinski definition) is 8. The monoisotopic (exact) mass is 543 g/mol. The van der Waals surface area contributed by atoms with Crippen LogP contribution in [0.25, 0.3) is 6.08 Å². The first kappa shape index (κ1) is 29.3. The van der Waals surface area contributed by atoms with Crippen LogP contribution in [0.3, 0.4) is 0 Å². The molecule has 206 valence electrons. The summed E-state index contributed by atoms with van der Waals surface area (Å²) >= 11 is 0. The number of nitrogen functional groups attached to an aromatic ring is 1. The van der Waals surface area contributed by atoms with Crippen LogP contribution in [0.4, 0.5) is 5.69 Å². The molecule has 10 nitrogen and oxygen atoms in total. The third-order valence-electron chi connectivity index (χ3n) is 5.60. The normalized spacial score (nSPS) is 10.6. The van der Waals surface area contributed by atoms with Gasteiger partial charge in [-0.3, -0.25) is 10.2 Å². The minimum atomic E-state index is -0.693. The lowest BCUT2D eigenvalue weighted by Crippen LogP contribution is -2.18. The lowest BCUT2D eigenvalue weighted by Gasteiger charge is -2.13. The number of carbonyl (C=O) groups is 4. The van der Waals surface area contributed by atoms with Crippen molar-refractivity contribution in [3.63, 3.8) is 0 Å². The average Bonchev–Trinajstić information content (AvgIpc) is 2.93. The fourth-order valence-electron chi connectivity index (χ4n) is 3.63. The molecule has 3 aromatic rings. The number of esters is 3. The number of ether oxygens (including phenoxy) is 3. The van der Waals surface area contributed by atoms with Crippen LogP contribution >= 0.6 is 0 Å². The zero-order valence-corrected chi connectivity index (χ0v) is 22.3. The number of nitrogens with one attached hydrogen (secondary N) is 2. The number of hydrogen-bond donors (Lipinski definition) is 3. The second kappa shape index (κ2) is 13.5. The molecule has 0 unspecified atom stereocenters. The van der Waals surface area contributed by atoms with Gasteiger partial charge in [-0.05, 0) is 86.5 Å². The molecule has 0 aliphatic carbocycles. The van der Waals surface area contributed by atoms with Gasteiger partial charge in [-0.25, -0.2) is 14.4 Å². The highest BCUT2D eigenvalue weighted by atomic mass is 16.5. The number of nitrogens with two attached hydrogens (primary N) is 1.